The van der Waals surface area contributed by atoms with Gasteiger partial charge >= 0.3 is 0 Å². The number of aromatic nitrogens is 2. The Labute approximate surface area is 167 Å². The van der Waals surface area contributed by atoms with Crippen LogP contribution in [0, 0.1) is 0 Å². The van der Waals surface area contributed by atoms with E-state index in [9.17, 15) is 4.79 Å². The smallest absolute Gasteiger partial charge is 0.277 e. The van der Waals surface area contributed by atoms with Gasteiger partial charge in [0.05, 0.1) is 19.0 Å². The number of morpholine rings is 1. The van der Waals surface area contributed by atoms with Crippen molar-refractivity contribution in [2.75, 3.05) is 42.3 Å². The van der Waals surface area contributed by atoms with E-state index in [4.69, 9.17) is 9.15 Å². The van der Waals surface area contributed by atoms with Crippen LogP contribution >= 0.6 is 11.8 Å². The summed E-state index contributed by atoms with van der Waals surface area (Å²) in [7, 11) is 0. The van der Waals surface area contributed by atoms with Crippen molar-refractivity contribution in [3.05, 3.63) is 54.6 Å². The molecule has 1 aromatic heterocycles. The Hall–Kier alpha value is -2.84. The molecule has 0 spiro atoms. The number of benzene rings is 2. The first-order valence-corrected chi connectivity index (χ1v) is 10.0. The molecule has 1 aliphatic heterocycles. The third-order valence-electron chi connectivity index (χ3n) is 4.28. The number of nitrogens with one attached hydrogen (secondary N) is 1. The highest BCUT2D eigenvalue weighted by atomic mass is 32.2. The zero-order valence-corrected chi connectivity index (χ0v) is 16.0. The van der Waals surface area contributed by atoms with Crippen LogP contribution in [-0.4, -0.2) is 48.2 Å². The van der Waals surface area contributed by atoms with Crippen molar-refractivity contribution in [3.8, 4) is 11.5 Å². The summed E-state index contributed by atoms with van der Waals surface area (Å²) in [6.45, 7) is 3.27. The summed E-state index contributed by atoms with van der Waals surface area (Å²) in [5.74, 6) is 0.521. The first-order valence-electron chi connectivity index (χ1n) is 9.02. The van der Waals surface area contributed by atoms with E-state index in [1.807, 2.05) is 54.6 Å². The average Bonchev–Trinajstić information content (AvgIpc) is 3.23. The lowest BCUT2D eigenvalue weighted by molar-refractivity contribution is -0.113. The summed E-state index contributed by atoms with van der Waals surface area (Å²) < 4.78 is 11.0. The summed E-state index contributed by atoms with van der Waals surface area (Å²) in [4.78, 5) is 14.5. The number of thioether (sulfide) groups is 1. The predicted molar refractivity (Wildman–Crippen MR) is 109 cm³/mol. The molecule has 2 heterocycles. The number of hydrogen-bond donors (Lipinski definition) is 1. The minimum atomic E-state index is -0.122. The topological polar surface area (TPSA) is 80.5 Å². The number of carbonyl (C=O) groups excluding carboxylic acids is 1. The van der Waals surface area contributed by atoms with Crippen molar-refractivity contribution >= 4 is 29.0 Å². The molecule has 144 valence electrons. The normalized spacial score (nSPS) is 14.1. The van der Waals surface area contributed by atoms with E-state index in [2.05, 4.69) is 20.4 Å². The highest BCUT2D eigenvalue weighted by molar-refractivity contribution is 7.99. The summed E-state index contributed by atoms with van der Waals surface area (Å²) in [5.41, 5.74) is 2.75. The molecule has 0 radical (unpaired) electrons. The number of hydrogen-bond acceptors (Lipinski definition) is 7. The predicted octanol–water partition coefficient (Wildman–Crippen LogP) is 3.30. The quantitative estimate of drug-likeness (QED) is 0.640. The molecule has 1 saturated heterocycles. The van der Waals surface area contributed by atoms with Gasteiger partial charge < -0.3 is 19.4 Å². The molecule has 0 unspecified atom stereocenters. The van der Waals surface area contributed by atoms with Crippen molar-refractivity contribution in [2.24, 2.45) is 0 Å². The van der Waals surface area contributed by atoms with E-state index in [1.54, 1.807) is 0 Å². The van der Waals surface area contributed by atoms with Crippen LogP contribution in [0.5, 0.6) is 0 Å². The number of nitrogens with zero attached hydrogens (tertiary/aromatic N) is 3. The molecule has 4 rings (SSSR count). The molecule has 1 fully saturated rings. The SMILES string of the molecule is O=C(CSc1nnc(-c2ccccc2)o1)Nc1ccc(N2CCOCC2)cc1. The summed E-state index contributed by atoms with van der Waals surface area (Å²) >= 11 is 1.21. The van der Waals surface area contributed by atoms with Crippen LogP contribution in [0.3, 0.4) is 0 Å². The zero-order chi connectivity index (χ0) is 19.2. The molecular formula is C20H20N4O3S. The van der Waals surface area contributed by atoms with Crippen LogP contribution < -0.4 is 10.2 Å². The molecule has 28 heavy (non-hydrogen) atoms. The van der Waals surface area contributed by atoms with E-state index in [-0.39, 0.29) is 11.7 Å². The van der Waals surface area contributed by atoms with Gasteiger partial charge in [-0.3, -0.25) is 4.79 Å². The second-order valence-electron chi connectivity index (χ2n) is 6.22. The largest absolute Gasteiger partial charge is 0.411 e. The minimum absolute atomic E-state index is 0.122. The van der Waals surface area contributed by atoms with Crippen LogP contribution in [0.15, 0.2) is 64.2 Å². The Kier molecular flexibility index (Phi) is 5.89. The Morgan fingerprint density at radius 3 is 2.54 bits per heavy atom. The maximum atomic E-state index is 12.2. The molecule has 1 N–H and O–H groups in total. The van der Waals surface area contributed by atoms with Crippen LogP contribution in [0.2, 0.25) is 0 Å². The molecule has 3 aromatic rings. The van der Waals surface area contributed by atoms with Crippen LogP contribution in [0.1, 0.15) is 0 Å². The molecule has 0 bridgehead atoms. The molecular weight excluding hydrogens is 376 g/mol. The van der Waals surface area contributed by atoms with Gasteiger partial charge in [0, 0.05) is 30.0 Å². The third kappa shape index (κ3) is 4.71. The van der Waals surface area contributed by atoms with Gasteiger partial charge in [-0.05, 0) is 36.4 Å². The summed E-state index contributed by atoms with van der Waals surface area (Å²) in [5, 5.41) is 11.3. The van der Waals surface area contributed by atoms with Gasteiger partial charge in [-0.25, -0.2) is 0 Å². The lowest BCUT2D eigenvalue weighted by Gasteiger charge is -2.28. The van der Waals surface area contributed by atoms with E-state index >= 15 is 0 Å². The van der Waals surface area contributed by atoms with Gasteiger partial charge in [0.2, 0.25) is 11.8 Å². The van der Waals surface area contributed by atoms with Gasteiger partial charge in [-0.2, -0.15) is 0 Å². The lowest BCUT2D eigenvalue weighted by atomic mass is 10.2. The first-order chi connectivity index (χ1) is 13.8. The standard InChI is InChI=1S/C20H20N4O3S/c25-18(14-28-20-23-22-19(27-20)15-4-2-1-3-5-15)21-16-6-8-17(9-7-16)24-10-12-26-13-11-24/h1-9H,10-14H2,(H,21,25). The number of carbonyl (C=O) groups is 1. The van der Waals surface area contributed by atoms with Crippen molar-refractivity contribution in [1.29, 1.82) is 0 Å². The maximum absolute atomic E-state index is 12.2. The number of amides is 1. The average molecular weight is 396 g/mol. The Morgan fingerprint density at radius 2 is 1.79 bits per heavy atom. The molecule has 8 heteroatoms. The van der Waals surface area contributed by atoms with Crippen LogP contribution in [0.25, 0.3) is 11.5 Å². The molecule has 7 nitrogen and oxygen atoms in total. The minimum Gasteiger partial charge on any atom is -0.411 e. The fraction of sp³-hybridized carbons (Fsp3) is 0.250. The van der Waals surface area contributed by atoms with Gasteiger partial charge in [0.15, 0.2) is 0 Å². The second kappa shape index (κ2) is 8.90. The Morgan fingerprint density at radius 1 is 1.04 bits per heavy atom. The Balaban J connectivity index is 1.28. The van der Waals surface area contributed by atoms with E-state index < -0.39 is 0 Å². The van der Waals surface area contributed by atoms with Gasteiger partial charge in [0.25, 0.3) is 5.22 Å². The highest BCUT2D eigenvalue weighted by Gasteiger charge is 2.13. The van der Waals surface area contributed by atoms with Crippen LogP contribution in [-0.2, 0) is 9.53 Å². The monoisotopic (exact) mass is 396 g/mol. The van der Waals surface area contributed by atoms with E-state index in [1.165, 1.54) is 11.8 Å². The number of ether oxygens (including phenoxy) is 1. The van der Waals surface area contributed by atoms with E-state index in [0.29, 0.717) is 11.1 Å². The number of rotatable bonds is 6. The highest BCUT2D eigenvalue weighted by Crippen LogP contribution is 2.23. The molecule has 1 aliphatic rings. The fourth-order valence-electron chi connectivity index (χ4n) is 2.87. The molecule has 2 aromatic carbocycles. The van der Waals surface area contributed by atoms with Gasteiger partial charge in [-0.1, -0.05) is 30.0 Å². The van der Waals surface area contributed by atoms with Crippen molar-refractivity contribution in [1.82, 2.24) is 10.2 Å². The molecule has 0 aliphatic carbocycles. The first kappa shape index (κ1) is 18.5. The summed E-state index contributed by atoms with van der Waals surface area (Å²) in [6, 6.07) is 17.4. The van der Waals surface area contributed by atoms with E-state index in [0.717, 1.165) is 43.2 Å². The van der Waals surface area contributed by atoms with Crippen molar-refractivity contribution in [3.63, 3.8) is 0 Å². The summed E-state index contributed by atoms with van der Waals surface area (Å²) in [6.07, 6.45) is 0. The lowest BCUT2D eigenvalue weighted by Crippen LogP contribution is -2.36. The van der Waals surface area contributed by atoms with Crippen molar-refractivity contribution in [2.45, 2.75) is 5.22 Å². The van der Waals surface area contributed by atoms with Gasteiger partial charge in [0.1, 0.15) is 0 Å². The van der Waals surface area contributed by atoms with Crippen LogP contribution in [0.4, 0.5) is 11.4 Å². The van der Waals surface area contributed by atoms with Gasteiger partial charge in [-0.15, -0.1) is 10.2 Å². The van der Waals surface area contributed by atoms with Crippen molar-refractivity contribution < 1.29 is 13.9 Å². The molecule has 0 atom stereocenters. The fourth-order valence-corrected chi connectivity index (χ4v) is 3.43. The zero-order valence-electron chi connectivity index (χ0n) is 15.2. The Bertz CT molecular complexity index is 909. The molecule has 1 amide bonds. The maximum Gasteiger partial charge on any atom is 0.277 e. The second-order valence-corrected chi connectivity index (χ2v) is 7.15. The molecule has 0 saturated carbocycles. The number of anilines is 2. The third-order valence-corrected chi connectivity index (χ3v) is 5.10.